The van der Waals surface area contributed by atoms with Crippen molar-refractivity contribution in [1.82, 2.24) is 4.57 Å². The molecule has 0 radical (unpaired) electrons. The van der Waals surface area contributed by atoms with Crippen molar-refractivity contribution >= 4 is 20.2 Å². The Balaban J connectivity index is 0.000000472. The summed E-state index contributed by atoms with van der Waals surface area (Å²) in [5.41, 5.74) is -5.53. The summed E-state index contributed by atoms with van der Waals surface area (Å²) < 4.78 is 91.9. The van der Waals surface area contributed by atoms with E-state index in [0.717, 1.165) is 0 Å². The lowest BCUT2D eigenvalue weighted by atomic mass is 10.3. The molecule has 0 aliphatic carbocycles. The summed E-state index contributed by atoms with van der Waals surface area (Å²) in [7, 11) is -8.06. The first kappa shape index (κ1) is 20.8. The van der Waals surface area contributed by atoms with Gasteiger partial charge in [0.2, 0.25) is 11.7 Å². The van der Waals surface area contributed by atoms with Crippen LogP contribution in [-0.2, 0) is 27.3 Å². The third-order valence-electron chi connectivity index (χ3n) is 2.29. The summed E-state index contributed by atoms with van der Waals surface area (Å²) >= 11 is 0. The maximum atomic E-state index is 11.1. The normalized spacial score (nSPS) is 14.1. The van der Waals surface area contributed by atoms with E-state index in [1.807, 2.05) is 6.92 Å². The summed E-state index contributed by atoms with van der Waals surface area (Å²) in [4.78, 5) is 0. The quantitative estimate of drug-likeness (QED) is 0.462. The van der Waals surface area contributed by atoms with Crippen molar-refractivity contribution in [2.24, 2.45) is 7.05 Å². The molecule has 0 aliphatic rings. The zero-order chi connectivity index (χ0) is 17.8. The van der Waals surface area contributed by atoms with Gasteiger partial charge in [-0.1, -0.05) is 13.3 Å². The molecule has 1 unspecified atom stereocenters. The molecule has 0 amide bonds. The monoisotopic (exact) mass is 369 g/mol. The Hall–Kier alpha value is -1.18. The molecule has 0 bridgehead atoms. The topological polar surface area (TPSA) is 118 Å². The van der Waals surface area contributed by atoms with Crippen LogP contribution in [0.3, 0.4) is 0 Å². The third-order valence-corrected chi connectivity index (χ3v) is 4.05. The molecule has 0 fully saturated rings. The molecule has 8 nitrogen and oxygen atoms in total. The van der Waals surface area contributed by atoms with Crippen LogP contribution in [0.15, 0.2) is 18.7 Å². The molecule has 130 valence electrons. The van der Waals surface area contributed by atoms with Gasteiger partial charge in [0.15, 0.2) is 0 Å². The summed E-state index contributed by atoms with van der Waals surface area (Å²) in [5.74, 6) is 0. The molecule has 1 aromatic heterocycles. The molecule has 1 rings (SSSR count). The van der Waals surface area contributed by atoms with E-state index < -0.39 is 31.1 Å². The number of rotatable bonds is 4. The van der Waals surface area contributed by atoms with E-state index in [9.17, 15) is 21.6 Å². The summed E-state index contributed by atoms with van der Waals surface area (Å²) in [6.45, 7) is 1.88. The minimum atomic E-state index is -5.84. The highest BCUT2D eigenvalue weighted by Crippen LogP contribution is 2.20. The van der Waals surface area contributed by atoms with Gasteiger partial charge < -0.3 is 0 Å². The smallest absolute Gasteiger partial charge is 0.282 e. The van der Waals surface area contributed by atoms with Gasteiger partial charge in [-0.2, -0.15) is 30.0 Å². The Labute approximate surface area is 125 Å². The van der Waals surface area contributed by atoms with Gasteiger partial charge in [0.05, 0.1) is 7.05 Å². The number of aromatic nitrogens is 2. The Morgan fingerprint density at radius 3 is 1.91 bits per heavy atom. The van der Waals surface area contributed by atoms with Crippen molar-refractivity contribution in [3.63, 3.8) is 0 Å². The fraction of sp³-hybridized carbons (Fsp3) is 0.667. The van der Waals surface area contributed by atoms with Crippen molar-refractivity contribution in [2.75, 3.05) is 0 Å². The third kappa shape index (κ3) is 6.72. The van der Waals surface area contributed by atoms with Gasteiger partial charge in [-0.05, 0) is 0 Å². The van der Waals surface area contributed by atoms with Crippen LogP contribution in [0.5, 0.6) is 0 Å². The lowest BCUT2D eigenvalue weighted by Gasteiger charge is -2.08. The van der Waals surface area contributed by atoms with Crippen LogP contribution < -0.4 is 4.57 Å². The fourth-order valence-electron chi connectivity index (χ4n) is 1.34. The van der Waals surface area contributed by atoms with Gasteiger partial charge in [0.25, 0.3) is 0 Å². The van der Waals surface area contributed by atoms with Crippen LogP contribution in [0, 0.1) is 0 Å². The SMILES string of the molecule is CCCC(n1cc[n+](C)c1)S(=O)(=O)O.O=S(=O)(O)C(F)(F)F. The average molecular weight is 369 g/mol. The maximum Gasteiger partial charge on any atom is 0.522 e. The molecule has 0 aliphatic heterocycles. The van der Waals surface area contributed by atoms with Crippen molar-refractivity contribution in [3.8, 4) is 0 Å². The maximum absolute atomic E-state index is 11.1. The molecule has 1 atom stereocenters. The van der Waals surface area contributed by atoms with Gasteiger partial charge in [-0.15, -0.1) is 0 Å². The van der Waals surface area contributed by atoms with Gasteiger partial charge in [0, 0.05) is 6.42 Å². The zero-order valence-corrected chi connectivity index (χ0v) is 13.2. The van der Waals surface area contributed by atoms with Gasteiger partial charge in [-0.3, -0.25) is 9.11 Å². The first-order valence-electron chi connectivity index (χ1n) is 5.73. The largest absolute Gasteiger partial charge is 0.522 e. The van der Waals surface area contributed by atoms with Gasteiger partial charge in [-0.25, -0.2) is 9.13 Å². The number of hydrogen-bond donors (Lipinski definition) is 2. The minimum absolute atomic E-state index is 0.410. The molecule has 0 saturated carbocycles. The molecule has 0 saturated heterocycles. The van der Waals surface area contributed by atoms with E-state index in [1.165, 1.54) is 4.57 Å². The summed E-state index contributed by atoms with van der Waals surface area (Å²) in [5, 5.41) is -0.867. The number of alkyl halides is 3. The summed E-state index contributed by atoms with van der Waals surface area (Å²) in [6.07, 6.45) is 6.11. The van der Waals surface area contributed by atoms with Crippen molar-refractivity contribution in [2.45, 2.75) is 30.6 Å². The Morgan fingerprint density at radius 2 is 1.68 bits per heavy atom. The highest BCUT2D eigenvalue weighted by molar-refractivity contribution is 7.86. The molecule has 22 heavy (non-hydrogen) atoms. The van der Waals surface area contributed by atoms with Gasteiger partial charge in [0.1, 0.15) is 12.4 Å². The van der Waals surface area contributed by atoms with Crippen LogP contribution in [0.25, 0.3) is 0 Å². The van der Waals surface area contributed by atoms with Crippen molar-refractivity contribution in [1.29, 1.82) is 0 Å². The number of aryl methyl sites for hydroxylation is 1. The van der Waals surface area contributed by atoms with E-state index in [4.69, 9.17) is 17.5 Å². The average Bonchev–Trinajstić information content (AvgIpc) is 2.68. The summed E-state index contributed by atoms with van der Waals surface area (Å²) in [6, 6.07) is 0. The van der Waals surface area contributed by atoms with E-state index in [2.05, 4.69) is 0 Å². The Morgan fingerprint density at radius 1 is 1.23 bits per heavy atom. The molecule has 1 heterocycles. The van der Waals surface area contributed by atoms with E-state index in [1.54, 1.807) is 30.3 Å². The van der Waals surface area contributed by atoms with Crippen molar-refractivity contribution in [3.05, 3.63) is 18.7 Å². The molecule has 1 aromatic rings. The van der Waals surface area contributed by atoms with Crippen LogP contribution in [0.1, 0.15) is 25.1 Å². The van der Waals surface area contributed by atoms with Crippen LogP contribution in [0.2, 0.25) is 0 Å². The zero-order valence-electron chi connectivity index (χ0n) is 11.6. The van der Waals surface area contributed by atoms with E-state index in [-0.39, 0.29) is 0 Å². The molecular weight excluding hydrogens is 353 g/mol. The van der Waals surface area contributed by atoms with Crippen molar-refractivity contribution < 1.29 is 43.7 Å². The van der Waals surface area contributed by atoms with E-state index >= 15 is 0 Å². The Bertz CT molecular complexity index is 680. The van der Waals surface area contributed by atoms with Gasteiger partial charge >= 0.3 is 25.7 Å². The lowest BCUT2D eigenvalue weighted by Crippen LogP contribution is -2.26. The molecule has 0 spiro atoms. The Kier molecular flexibility index (Phi) is 6.99. The van der Waals surface area contributed by atoms with E-state index in [0.29, 0.717) is 12.8 Å². The number of nitrogens with zero attached hydrogens (tertiary/aromatic N) is 2. The van der Waals surface area contributed by atoms with Crippen LogP contribution >= 0.6 is 0 Å². The first-order chi connectivity index (χ1) is 9.70. The second-order valence-electron chi connectivity index (χ2n) is 4.21. The molecular formula is C9H16F3N2O6S2+. The second-order valence-corrected chi connectivity index (χ2v) is 7.19. The predicted molar refractivity (Wildman–Crippen MR) is 68.7 cm³/mol. The number of imidazole rings is 1. The second kappa shape index (κ2) is 7.39. The first-order valence-corrected chi connectivity index (χ1v) is 8.67. The molecule has 13 heteroatoms. The number of hydrogen-bond acceptors (Lipinski definition) is 4. The highest BCUT2D eigenvalue weighted by Gasteiger charge is 2.44. The van der Waals surface area contributed by atoms with Crippen LogP contribution in [-0.4, -0.2) is 36.0 Å². The van der Waals surface area contributed by atoms with Crippen LogP contribution in [0.4, 0.5) is 13.2 Å². The lowest BCUT2D eigenvalue weighted by molar-refractivity contribution is -0.671. The fourth-order valence-corrected chi connectivity index (χ4v) is 2.30. The standard InChI is InChI=1S/C8H14N2O3S.CHF3O3S/c1-3-4-8(14(11,12)13)10-6-5-9(2)7-10;2-1(3,4)8(5,6)7/h5-8H,3-4H2,1-2H3;(H,5,6,7)/p+1. The minimum Gasteiger partial charge on any atom is -0.282 e. The molecule has 2 N–H and O–H groups in total. The highest BCUT2D eigenvalue weighted by atomic mass is 32.2. The number of halogens is 3. The predicted octanol–water partition coefficient (Wildman–Crippen LogP) is 0.893. The molecule has 0 aromatic carbocycles.